The van der Waals surface area contributed by atoms with Crippen molar-refractivity contribution < 1.29 is 14.3 Å². The molecule has 1 atom stereocenters. The summed E-state index contributed by atoms with van der Waals surface area (Å²) in [5.41, 5.74) is 1.45. The van der Waals surface area contributed by atoms with Crippen molar-refractivity contribution in [1.29, 1.82) is 0 Å². The van der Waals surface area contributed by atoms with Gasteiger partial charge in [-0.25, -0.2) is 9.67 Å². The smallest absolute Gasteiger partial charge is 0.261 e. The minimum Gasteiger partial charge on any atom is -0.477 e. The van der Waals surface area contributed by atoms with Gasteiger partial charge < -0.3 is 14.4 Å². The maximum Gasteiger partial charge on any atom is 0.261 e. The largest absolute Gasteiger partial charge is 0.477 e. The van der Waals surface area contributed by atoms with Crippen molar-refractivity contribution in [3.8, 4) is 11.8 Å². The van der Waals surface area contributed by atoms with E-state index in [1.165, 1.54) is 0 Å². The number of rotatable bonds is 3. The van der Waals surface area contributed by atoms with Gasteiger partial charge in [-0.2, -0.15) is 5.10 Å². The first kappa shape index (κ1) is 16.1. The summed E-state index contributed by atoms with van der Waals surface area (Å²) in [6.07, 6.45) is 3.25. The lowest BCUT2D eigenvalue weighted by atomic mass is 10.2. The second-order valence-corrected chi connectivity index (χ2v) is 6.91. The van der Waals surface area contributed by atoms with E-state index in [-0.39, 0.29) is 12.0 Å². The van der Waals surface area contributed by atoms with Gasteiger partial charge in [-0.1, -0.05) is 18.2 Å². The molecule has 7 heteroatoms. The molecule has 138 valence electrons. The van der Waals surface area contributed by atoms with Gasteiger partial charge in [0.2, 0.25) is 11.8 Å². The van der Waals surface area contributed by atoms with Crippen LogP contribution in [0.25, 0.3) is 10.9 Å². The van der Waals surface area contributed by atoms with Crippen LogP contribution in [0.1, 0.15) is 23.2 Å². The number of hydrogen-bond acceptors (Lipinski definition) is 5. The first-order valence-electron chi connectivity index (χ1n) is 9.28. The summed E-state index contributed by atoms with van der Waals surface area (Å²) in [7, 11) is 0. The molecule has 0 radical (unpaired) electrons. The van der Waals surface area contributed by atoms with Crippen molar-refractivity contribution in [1.82, 2.24) is 19.7 Å². The molecule has 7 nitrogen and oxygen atoms in total. The first-order valence-corrected chi connectivity index (χ1v) is 9.28. The lowest BCUT2D eigenvalue weighted by Gasteiger charge is -2.19. The zero-order valence-corrected chi connectivity index (χ0v) is 14.9. The maximum absolute atomic E-state index is 12.9. The lowest BCUT2D eigenvalue weighted by Crippen LogP contribution is -2.31. The van der Waals surface area contributed by atoms with Crippen LogP contribution in [-0.2, 0) is 6.54 Å². The number of pyridine rings is 1. The van der Waals surface area contributed by atoms with Crippen LogP contribution in [0.4, 0.5) is 0 Å². The number of carbonyl (C=O) groups excluding carboxylic acids is 1. The standard InChI is InChI=1S/C20H20N4O3/c25-19(16-12-21-24-9-3-11-26-20(16)24)23-10-8-15(13-23)27-18-7-6-14-4-1-2-5-17(14)22-18/h1-2,4-7,12,15H,3,8-11,13H2. The fourth-order valence-electron chi connectivity index (χ4n) is 3.68. The molecule has 4 heterocycles. The van der Waals surface area contributed by atoms with Gasteiger partial charge in [0.15, 0.2) is 0 Å². The number of benzene rings is 1. The van der Waals surface area contributed by atoms with E-state index in [9.17, 15) is 4.79 Å². The highest BCUT2D eigenvalue weighted by atomic mass is 16.5. The van der Waals surface area contributed by atoms with Gasteiger partial charge in [-0.3, -0.25) is 4.79 Å². The molecule has 1 aromatic carbocycles. The Morgan fingerprint density at radius 3 is 3.07 bits per heavy atom. The average molecular weight is 364 g/mol. The molecule has 27 heavy (non-hydrogen) atoms. The molecule has 3 aromatic rings. The number of para-hydroxylation sites is 1. The van der Waals surface area contributed by atoms with E-state index < -0.39 is 0 Å². The molecular weight excluding hydrogens is 344 g/mol. The van der Waals surface area contributed by atoms with Gasteiger partial charge in [0.05, 0.1) is 24.9 Å². The molecule has 1 amide bonds. The monoisotopic (exact) mass is 364 g/mol. The Morgan fingerprint density at radius 2 is 2.11 bits per heavy atom. The van der Waals surface area contributed by atoms with E-state index in [0.717, 1.165) is 30.3 Å². The quantitative estimate of drug-likeness (QED) is 0.714. The number of hydrogen-bond donors (Lipinski definition) is 0. The van der Waals surface area contributed by atoms with Crippen molar-refractivity contribution in [2.24, 2.45) is 0 Å². The molecule has 1 saturated heterocycles. The van der Waals surface area contributed by atoms with Crippen molar-refractivity contribution in [3.05, 3.63) is 48.2 Å². The minimum absolute atomic E-state index is 0.0456. The van der Waals surface area contributed by atoms with Crippen molar-refractivity contribution in [2.75, 3.05) is 19.7 Å². The minimum atomic E-state index is -0.0602. The molecule has 5 rings (SSSR count). The Kier molecular flexibility index (Phi) is 3.92. The number of carbonyl (C=O) groups is 1. The highest BCUT2D eigenvalue weighted by Gasteiger charge is 2.32. The van der Waals surface area contributed by atoms with Crippen LogP contribution in [0.3, 0.4) is 0 Å². The highest BCUT2D eigenvalue weighted by Crippen LogP contribution is 2.26. The van der Waals surface area contributed by atoms with Crippen molar-refractivity contribution in [2.45, 2.75) is 25.5 Å². The summed E-state index contributed by atoms with van der Waals surface area (Å²) in [5.74, 6) is 1.14. The number of amides is 1. The molecule has 0 saturated carbocycles. The molecule has 0 spiro atoms. The van der Waals surface area contributed by atoms with E-state index in [2.05, 4.69) is 10.1 Å². The van der Waals surface area contributed by atoms with Crippen LogP contribution >= 0.6 is 0 Å². The van der Waals surface area contributed by atoms with Crippen molar-refractivity contribution in [3.63, 3.8) is 0 Å². The summed E-state index contributed by atoms with van der Waals surface area (Å²) in [5, 5.41) is 5.35. The number of aromatic nitrogens is 3. The molecular formula is C20H20N4O3. The third-order valence-corrected chi connectivity index (χ3v) is 5.07. The second kappa shape index (κ2) is 6.57. The van der Waals surface area contributed by atoms with Gasteiger partial charge in [0, 0.05) is 37.4 Å². The van der Waals surface area contributed by atoms with Crippen LogP contribution in [0.15, 0.2) is 42.6 Å². The Hall–Kier alpha value is -3.09. The lowest BCUT2D eigenvalue weighted by molar-refractivity contribution is 0.0764. The predicted octanol–water partition coefficient (Wildman–Crippen LogP) is 2.51. The van der Waals surface area contributed by atoms with Gasteiger partial charge in [-0.05, 0) is 12.1 Å². The zero-order chi connectivity index (χ0) is 18.2. The Balaban J connectivity index is 1.28. The Labute approximate surface area is 156 Å². The van der Waals surface area contributed by atoms with Gasteiger partial charge >= 0.3 is 0 Å². The highest BCUT2D eigenvalue weighted by molar-refractivity contribution is 5.96. The van der Waals surface area contributed by atoms with E-state index >= 15 is 0 Å². The van der Waals surface area contributed by atoms with Crippen LogP contribution in [0, 0.1) is 0 Å². The molecule has 0 N–H and O–H groups in total. The normalized spacial score (nSPS) is 19.0. The average Bonchev–Trinajstić information content (AvgIpc) is 3.34. The summed E-state index contributed by atoms with van der Waals surface area (Å²) >= 11 is 0. The van der Waals surface area contributed by atoms with Crippen molar-refractivity contribution >= 4 is 16.8 Å². The molecule has 0 aliphatic carbocycles. The Morgan fingerprint density at radius 1 is 1.19 bits per heavy atom. The number of fused-ring (bicyclic) bond motifs is 2. The predicted molar refractivity (Wildman–Crippen MR) is 99.0 cm³/mol. The zero-order valence-electron chi connectivity index (χ0n) is 14.9. The van der Waals surface area contributed by atoms with E-state index in [0.29, 0.717) is 37.0 Å². The van der Waals surface area contributed by atoms with E-state index in [1.54, 1.807) is 10.9 Å². The van der Waals surface area contributed by atoms with Gasteiger partial charge in [-0.15, -0.1) is 0 Å². The number of nitrogens with zero attached hydrogens (tertiary/aromatic N) is 4. The van der Waals surface area contributed by atoms with Crippen LogP contribution in [-0.4, -0.2) is 51.4 Å². The Bertz CT molecular complexity index is 1000. The number of aryl methyl sites for hydroxylation is 1. The number of likely N-dealkylation sites (tertiary alicyclic amines) is 1. The topological polar surface area (TPSA) is 69.5 Å². The first-order chi connectivity index (χ1) is 13.3. The summed E-state index contributed by atoms with van der Waals surface area (Å²) in [6, 6.07) is 11.8. The molecule has 2 aliphatic rings. The third-order valence-electron chi connectivity index (χ3n) is 5.07. The second-order valence-electron chi connectivity index (χ2n) is 6.91. The fraction of sp³-hybridized carbons (Fsp3) is 0.350. The third kappa shape index (κ3) is 2.99. The summed E-state index contributed by atoms with van der Waals surface area (Å²) < 4.78 is 13.5. The van der Waals surface area contributed by atoms with Gasteiger partial charge in [0.25, 0.3) is 5.91 Å². The van der Waals surface area contributed by atoms with E-state index in [1.807, 2.05) is 41.3 Å². The van der Waals surface area contributed by atoms with Crippen LogP contribution < -0.4 is 9.47 Å². The molecule has 2 aliphatic heterocycles. The molecule has 1 unspecified atom stereocenters. The number of ether oxygens (including phenoxy) is 2. The van der Waals surface area contributed by atoms with Gasteiger partial charge in [0.1, 0.15) is 11.7 Å². The SMILES string of the molecule is O=C(c1cnn2c1OCCC2)N1CCC(Oc2ccc3ccccc3n2)C1. The van der Waals surface area contributed by atoms with Crippen LogP contribution in [0.2, 0.25) is 0 Å². The molecule has 2 aromatic heterocycles. The fourth-order valence-corrected chi connectivity index (χ4v) is 3.68. The molecule has 1 fully saturated rings. The van der Waals surface area contributed by atoms with E-state index in [4.69, 9.17) is 9.47 Å². The summed E-state index contributed by atoms with van der Waals surface area (Å²) in [6.45, 7) is 2.62. The summed E-state index contributed by atoms with van der Waals surface area (Å²) in [4.78, 5) is 19.2. The van der Waals surface area contributed by atoms with Crippen LogP contribution in [0.5, 0.6) is 11.8 Å². The maximum atomic E-state index is 12.9. The molecule has 0 bridgehead atoms.